The molecule has 2 aliphatic rings. The molecule has 3 heterocycles. The van der Waals surface area contributed by atoms with E-state index in [1.54, 1.807) is 12.4 Å². The average molecular weight is 260 g/mol. The molecule has 0 aromatic carbocycles. The normalized spacial score (nSPS) is 25.5. The molecule has 0 amide bonds. The second kappa shape index (κ2) is 6.33. The van der Waals surface area contributed by atoms with Crippen molar-refractivity contribution in [3.05, 3.63) is 18.6 Å². The van der Waals surface area contributed by atoms with Crippen molar-refractivity contribution in [3.8, 4) is 0 Å². The average Bonchev–Trinajstić information content (AvgIpc) is 2.49. The smallest absolute Gasteiger partial charge is 0.147 e. The Morgan fingerprint density at radius 3 is 2.74 bits per heavy atom. The highest BCUT2D eigenvalue weighted by molar-refractivity contribution is 5.35. The molecule has 1 aromatic heterocycles. The summed E-state index contributed by atoms with van der Waals surface area (Å²) < 4.78 is 0. The number of piperidine rings is 2. The first-order chi connectivity index (χ1) is 9.42. The van der Waals surface area contributed by atoms with Gasteiger partial charge in [0.25, 0.3) is 0 Å². The Morgan fingerprint density at radius 1 is 1.05 bits per heavy atom. The molecule has 2 fully saturated rings. The summed E-state index contributed by atoms with van der Waals surface area (Å²) in [5, 5.41) is 0. The van der Waals surface area contributed by atoms with E-state index < -0.39 is 0 Å². The number of nitrogens with zero attached hydrogens (tertiary/aromatic N) is 4. The first-order valence-corrected chi connectivity index (χ1v) is 7.65. The van der Waals surface area contributed by atoms with E-state index in [4.69, 9.17) is 0 Å². The fourth-order valence-electron chi connectivity index (χ4n) is 3.38. The second-order valence-electron chi connectivity index (χ2n) is 5.88. The van der Waals surface area contributed by atoms with Crippen LogP contribution >= 0.6 is 0 Å². The van der Waals surface area contributed by atoms with Crippen molar-refractivity contribution in [2.45, 2.75) is 32.1 Å². The van der Waals surface area contributed by atoms with Crippen LogP contribution in [0.15, 0.2) is 18.6 Å². The third-order valence-corrected chi connectivity index (χ3v) is 4.36. The lowest BCUT2D eigenvalue weighted by molar-refractivity contribution is 0.185. The first-order valence-electron chi connectivity index (χ1n) is 7.65. The van der Waals surface area contributed by atoms with Crippen molar-refractivity contribution in [2.24, 2.45) is 5.92 Å². The van der Waals surface area contributed by atoms with Gasteiger partial charge in [-0.05, 0) is 44.7 Å². The molecule has 2 aliphatic heterocycles. The molecule has 0 unspecified atom stereocenters. The zero-order valence-corrected chi connectivity index (χ0v) is 11.7. The van der Waals surface area contributed by atoms with Crippen LogP contribution in [0.5, 0.6) is 0 Å². The Morgan fingerprint density at radius 2 is 1.95 bits per heavy atom. The van der Waals surface area contributed by atoms with Gasteiger partial charge < -0.3 is 9.80 Å². The molecule has 19 heavy (non-hydrogen) atoms. The minimum Gasteiger partial charge on any atom is -0.355 e. The number of hydrogen-bond acceptors (Lipinski definition) is 4. The van der Waals surface area contributed by atoms with E-state index in [9.17, 15) is 0 Å². The molecule has 2 saturated heterocycles. The highest BCUT2D eigenvalue weighted by Gasteiger charge is 2.23. The summed E-state index contributed by atoms with van der Waals surface area (Å²) in [5.74, 6) is 1.85. The fraction of sp³-hybridized carbons (Fsp3) is 0.733. The van der Waals surface area contributed by atoms with Crippen molar-refractivity contribution in [3.63, 3.8) is 0 Å². The van der Waals surface area contributed by atoms with Gasteiger partial charge in [0.05, 0.1) is 6.20 Å². The summed E-state index contributed by atoms with van der Waals surface area (Å²) in [4.78, 5) is 13.7. The van der Waals surface area contributed by atoms with Crippen LogP contribution in [0.1, 0.15) is 32.1 Å². The molecule has 0 bridgehead atoms. The molecule has 4 nitrogen and oxygen atoms in total. The first kappa shape index (κ1) is 12.9. The van der Waals surface area contributed by atoms with E-state index in [2.05, 4.69) is 19.8 Å². The van der Waals surface area contributed by atoms with Gasteiger partial charge >= 0.3 is 0 Å². The zero-order chi connectivity index (χ0) is 12.9. The predicted octanol–water partition coefficient (Wildman–Crippen LogP) is 2.18. The quantitative estimate of drug-likeness (QED) is 0.834. The van der Waals surface area contributed by atoms with Crippen LogP contribution in [0.25, 0.3) is 0 Å². The molecule has 0 spiro atoms. The lowest BCUT2D eigenvalue weighted by Crippen LogP contribution is -2.42. The van der Waals surface area contributed by atoms with Gasteiger partial charge in [-0.1, -0.05) is 6.42 Å². The summed E-state index contributed by atoms with van der Waals surface area (Å²) in [5.41, 5.74) is 0. The highest BCUT2D eigenvalue weighted by Crippen LogP contribution is 2.22. The highest BCUT2D eigenvalue weighted by atomic mass is 15.2. The number of aromatic nitrogens is 2. The van der Waals surface area contributed by atoms with Crippen molar-refractivity contribution >= 4 is 5.82 Å². The molecule has 0 radical (unpaired) electrons. The molecule has 0 saturated carbocycles. The Labute approximate surface area is 115 Å². The van der Waals surface area contributed by atoms with Crippen molar-refractivity contribution in [1.82, 2.24) is 14.9 Å². The van der Waals surface area contributed by atoms with Crippen LogP contribution in [-0.2, 0) is 0 Å². The van der Waals surface area contributed by atoms with E-state index in [0.717, 1.165) is 24.8 Å². The van der Waals surface area contributed by atoms with E-state index >= 15 is 0 Å². The van der Waals surface area contributed by atoms with Crippen molar-refractivity contribution in [2.75, 3.05) is 37.6 Å². The molecular formula is C15H24N4. The Hall–Kier alpha value is -1.16. The minimum absolute atomic E-state index is 0.800. The maximum Gasteiger partial charge on any atom is 0.147 e. The van der Waals surface area contributed by atoms with Crippen LogP contribution in [0, 0.1) is 5.92 Å². The van der Waals surface area contributed by atoms with Crippen molar-refractivity contribution < 1.29 is 0 Å². The van der Waals surface area contributed by atoms with E-state index in [0.29, 0.717) is 0 Å². The third kappa shape index (κ3) is 3.44. The summed E-state index contributed by atoms with van der Waals surface area (Å²) in [6.07, 6.45) is 12.3. The van der Waals surface area contributed by atoms with Crippen LogP contribution in [0.4, 0.5) is 5.82 Å². The summed E-state index contributed by atoms with van der Waals surface area (Å²) >= 11 is 0. The van der Waals surface area contributed by atoms with Crippen molar-refractivity contribution in [1.29, 1.82) is 0 Å². The van der Waals surface area contributed by atoms with E-state index in [1.807, 2.05) is 6.20 Å². The second-order valence-corrected chi connectivity index (χ2v) is 5.88. The number of hydrogen-bond donors (Lipinski definition) is 0. The molecular weight excluding hydrogens is 236 g/mol. The molecule has 1 aromatic rings. The largest absolute Gasteiger partial charge is 0.355 e. The van der Waals surface area contributed by atoms with Gasteiger partial charge in [0.1, 0.15) is 5.82 Å². The lowest BCUT2D eigenvalue weighted by Gasteiger charge is -2.37. The standard InChI is InChI=1S/C15H24N4/c1-2-8-18(9-3-1)12-14-5-4-10-19(13-14)15-11-16-6-7-17-15/h6-7,11,14H,1-5,8-10,12-13H2/t14-/m1/s1. The number of likely N-dealkylation sites (tertiary alicyclic amines) is 1. The molecule has 0 aliphatic carbocycles. The molecule has 104 valence electrons. The van der Waals surface area contributed by atoms with Crippen LogP contribution in [0.2, 0.25) is 0 Å². The topological polar surface area (TPSA) is 32.3 Å². The molecule has 0 N–H and O–H groups in total. The van der Waals surface area contributed by atoms with Gasteiger partial charge in [0, 0.05) is 32.0 Å². The Kier molecular flexibility index (Phi) is 4.28. The van der Waals surface area contributed by atoms with Gasteiger partial charge in [-0.2, -0.15) is 0 Å². The zero-order valence-electron chi connectivity index (χ0n) is 11.7. The number of rotatable bonds is 3. The van der Waals surface area contributed by atoms with Crippen LogP contribution in [-0.4, -0.2) is 47.6 Å². The Balaban J connectivity index is 1.55. The van der Waals surface area contributed by atoms with Crippen LogP contribution in [0.3, 0.4) is 0 Å². The molecule has 3 rings (SSSR count). The van der Waals surface area contributed by atoms with Gasteiger partial charge in [0.15, 0.2) is 0 Å². The van der Waals surface area contributed by atoms with E-state index in [1.165, 1.54) is 51.7 Å². The maximum absolute atomic E-state index is 4.43. The monoisotopic (exact) mass is 260 g/mol. The lowest BCUT2D eigenvalue weighted by atomic mass is 9.96. The van der Waals surface area contributed by atoms with E-state index in [-0.39, 0.29) is 0 Å². The van der Waals surface area contributed by atoms with Gasteiger partial charge in [-0.3, -0.25) is 4.98 Å². The summed E-state index contributed by atoms with van der Waals surface area (Å²) in [6.45, 7) is 6.17. The SMILES string of the molecule is c1cnc(N2CCC[C@H](CN3CCCCC3)C2)cn1. The molecule has 1 atom stereocenters. The molecule has 4 heteroatoms. The van der Waals surface area contributed by atoms with Gasteiger partial charge in [-0.15, -0.1) is 0 Å². The summed E-state index contributed by atoms with van der Waals surface area (Å²) in [7, 11) is 0. The third-order valence-electron chi connectivity index (χ3n) is 4.36. The fourth-order valence-corrected chi connectivity index (χ4v) is 3.38. The number of anilines is 1. The maximum atomic E-state index is 4.43. The predicted molar refractivity (Wildman–Crippen MR) is 77.3 cm³/mol. The summed E-state index contributed by atoms with van der Waals surface area (Å²) in [6, 6.07) is 0. The van der Waals surface area contributed by atoms with Gasteiger partial charge in [0.2, 0.25) is 0 Å². The minimum atomic E-state index is 0.800. The Bertz CT molecular complexity index is 375. The van der Waals surface area contributed by atoms with Gasteiger partial charge in [-0.25, -0.2) is 4.98 Å². The van der Waals surface area contributed by atoms with Crippen LogP contribution < -0.4 is 4.90 Å².